The van der Waals surface area contributed by atoms with Crippen LogP contribution in [0.1, 0.15) is 15.9 Å². The fourth-order valence-corrected chi connectivity index (χ4v) is 5.87. The molecule has 1 aliphatic carbocycles. The largest absolute Gasteiger partial charge is 0.455 e. The molecule has 8 nitrogen and oxygen atoms in total. The molecule has 43 heavy (non-hydrogen) atoms. The van der Waals surface area contributed by atoms with Gasteiger partial charge in [0.2, 0.25) is 10.0 Å². The van der Waals surface area contributed by atoms with Crippen LogP contribution < -0.4 is 14.8 Å². The summed E-state index contributed by atoms with van der Waals surface area (Å²) in [5, 5.41) is 3.96. The molecule has 210 valence electrons. The van der Waals surface area contributed by atoms with E-state index in [0.717, 1.165) is 11.9 Å². The average Bonchev–Trinajstić information content (AvgIpc) is 3.01. The van der Waals surface area contributed by atoms with E-state index in [1.54, 1.807) is 36.4 Å². The smallest absolute Gasteiger partial charge is 0.229 e. The molecule has 0 radical (unpaired) electrons. The van der Waals surface area contributed by atoms with Crippen molar-refractivity contribution in [2.75, 3.05) is 16.3 Å². The Morgan fingerprint density at radius 3 is 2.05 bits per heavy atom. The second-order valence-corrected chi connectivity index (χ2v) is 11.9. The highest BCUT2D eigenvalue weighted by molar-refractivity contribution is 7.92. The van der Waals surface area contributed by atoms with Crippen molar-refractivity contribution >= 4 is 43.8 Å². The number of benzene rings is 5. The fourth-order valence-electron chi connectivity index (χ4n) is 5.29. The first-order valence-corrected chi connectivity index (χ1v) is 15.4. The molecular weight excluding hydrogens is 560 g/mol. The zero-order valence-electron chi connectivity index (χ0n) is 22.9. The number of carbonyl (C=O) groups excluding carboxylic acids is 1. The molecule has 7 rings (SSSR count). The third-order valence-corrected chi connectivity index (χ3v) is 7.67. The minimum Gasteiger partial charge on any atom is -0.455 e. The van der Waals surface area contributed by atoms with E-state index in [0.29, 0.717) is 61.7 Å². The molecule has 1 heterocycles. The fraction of sp³-hybridized carbons (Fsp3) is 0.0294. The zero-order valence-corrected chi connectivity index (χ0v) is 23.7. The second kappa shape index (κ2) is 10.4. The van der Waals surface area contributed by atoms with Crippen LogP contribution in [0.5, 0.6) is 11.5 Å². The lowest BCUT2D eigenvalue weighted by Crippen LogP contribution is -2.15. The van der Waals surface area contributed by atoms with Crippen molar-refractivity contribution in [3.63, 3.8) is 0 Å². The zero-order chi connectivity index (χ0) is 29.6. The summed E-state index contributed by atoms with van der Waals surface area (Å²) in [5.74, 6) is 1.13. The number of ketones is 1. The van der Waals surface area contributed by atoms with Crippen molar-refractivity contribution in [2.24, 2.45) is 0 Å². The Morgan fingerprint density at radius 2 is 1.33 bits per heavy atom. The van der Waals surface area contributed by atoms with Crippen molar-refractivity contribution in [2.45, 2.75) is 0 Å². The highest BCUT2D eigenvalue weighted by atomic mass is 32.2. The van der Waals surface area contributed by atoms with Gasteiger partial charge in [-0.15, -0.1) is 0 Å². The van der Waals surface area contributed by atoms with Gasteiger partial charge in [0, 0.05) is 33.8 Å². The molecule has 0 fully saturated rings. The molecule has 0 amide bonds. The summed E-state index contributed by atoms with van der Waals surface area (Å²) in [6.45, 7) is 0. The van der Waals surface area contributed by atoms with Crippen molar-refractivity contribution in [3.05, 3.63) is 126 Å². The van der Waals surface area contributed by atoms with Gasteiger partial charge in [0.1, 0.15) is 11.3 Å². The lowest BCUT2D eigenvalue weighted by atomic mass is 9.85. The number of aromatic nitrogens is 2. The number of sulfonamides is 1. The average molecular weight is 585 g/mol. The summed E-state index contributed by atoms with van der Waals surface area (Å²) in [5.41, 5.74) is 4.76. The van der Waals surface area contributed by atoms with E-state index >= 15 is 0 Å². The first-order valence-electron chi connectivity index (χ1n) is 13.5. The summed E-state index contributed by atoms with van der Waals surface area (Å²) in [4.78, 5) is 24.1. The molecule has 6 aromatic rings. The third kappa shape index (κ3) is 4.96. The van der Waals surface area contributed by atoms with E-state index in [1.807, 2.05) is 78.9 Å². The van der Waals surface area contributed by atoms with Gasteiger partial charge in [0.15, 0.2) is 17.4 Å². The van der Waals surface area contributed by atoms with Crippen LogP contribution in [-0.2, 0) is 10.0 Å². The number of hydrogen-bond acceptors (Lipinski definition) is 7. The van der Waals surface area contributed by atoms with Gasteiger partial charge in [-0.05, 0) is 36.4 Å². The van der Waals surface area contributed by atoms with Crippen molar-refractivity contribution < 1.29 is 17.9 Å². The van der Waals surface area contributed by atoms with E-state index < -0.39 is 10.0 Å². The molecular formula is C34H24N4O4S. The third-order valence-electron chi connectivity index (χ3n) is 7.08. The highest BCUT2D eigenvalue weighted by Gasteiger charge is 2.32. The number of rotatable bonds is 7. The molecule has 0 unspecified atom stereocenters. The number of nitrogens with zero attached hydrogens (tertiary/aromatic N) is 2. The number of hydrogen-bond donors (Lipinski definition) is 2. The van der Waals surface area contributed by atoms with Crippen molar-refractivity contribution in [1.29, 1.82) is 0 Å². The van der Waals surface area contributed by atoms with Crippen molar-refractivity contribution in [1.82, 2.24) is 9.97 Å². The van der Waals surface area contributed by atoms with Gasteiger partial charge < -0.3 is 10.1 Å². The number of carbonyl (C=O) groups is 1. The lowest BCUT2D eigenvalue weighted by molar-refractivity contribution is 0.104. The Hall–Kier alpha value is -5.54. The number of para-hydroxylation sites is 3. The Bertz CT molecular complexity index is 2150. The predicted octanol–water partition coefficient (Wildman–Crippen LogP) is 7.42. The maximum Gasteiger partial charge on any atom is 0.229 e. The number of nitrogens with one attached hydrogen (secondary N) is 2. The van der Waals surface area contributed by atoms with E-state index in [4.69, 9.17) is 14.7 Å². The molecule has 0 saturated carbocycles. The number of fused-ring (bicyclic) bond motifs is 2. The monoisotopic (exact) mass is 584 g/mol. The maximum atomic E-state index is 14.1. The summed E-state index contributed by atoms with van der Waals surface area (Å²) in [7, 11) is -3.58. The molecule has 1 aliphatic rings. The molecule has 0 spiro atoms. The van der Waals surface area contributed by atoms with Crippen LogP contribution in [0.2, 0.25) is 0 Å². The molecule has 1 aromatic heterocycles. The Kier molecular flexibility index (Phi) is 6.36. The maximum absolute atomic E-state index is 14.1. The van der Waals surface area contributed by atoms with E-state index in [1.165, 1.54) is 0 Å². The number of ether oxygens (including phenoxy) is 1. The van der Waals surface area contributed by atoms with E-state index in [2.05, 4.69) is 10.0 Å². The second-order valence-electron chi connectivity index (χ2n) is 10.1. The topological polar surface area (TPSA) is 110 Å². The molecule has 5 aromatic carbocycles. The van der Waals surface area contributed by atoms with Gasteiger partial charge >= 0.3 is 0 Å². The molecule has 0 bridgehead atoms. The van der Waals surface area contributed by atoms with Crippen LogP contribution in [0.3, 0.4) is 0 Å². The first-order chi connectivity index (χ1) is 20.9. The predicted molar refractivity (Wildman–Crippen MR) is 169 cm³/mol. The van der Waals surface area contributed by atoms with Crippen LogP contribution in [0.15, 0.2) is 115 Å². The summed E-state index contributed by atoms with van der Waals surface area (Å²) in [6.07, 6.45) is 1.09. The standard InChI is InChI=1S/C34H24N4O4S/c1-43(40,41)38-26-19-11-10-18-25(26)34-36-31-23-16-8-9-17-24(23)33(39)29-27(35-21-12-4-2-5-13-21)20-28(32(37-34)30(29)31)42-22-14-6-3-7-15-22/h2-20,35,38H,1H3. The highest BCUT2D eigenvalue weighted by Crippen LogP contribution is 2.46. The van der Waals surface area contributed by atoms with E-state index in [-0.39, 0.29) is 11.6 Å². The summed E-state index contributed by atoms with van der Waals surface area (Å²) >= 11 is 0. The van der Waals surface area contributed by atoms with Crippen LogP contribution >= 0.6 is 0 Å². The lowest BCUT2D eigenvalue weighted by Gasteiger charge is -2.24. The SMILES string of the molecule is CS(=O)(=O)Nc1ccccc1-c1nc2c3c(c(Nc4ccccc4)cc(Oc4ccccc4)c3n1)C(=O)c1ccccc1-2. The van der Waals surface area contributed by atoms with E-state index in [9.17, 15) is 13.2 Å². The van der Waals surface area contributed by atoms with Crippen LogP contribution in [-0.4, -0.2) is 30.4 Å². The minimum absolute atomic E-state index is 0.159. The van der Waals surface area contributed by atoms with Gasteiger partial charge in [0.05, 0.1) is 28.9 Å². The first kappa shape index (κ1) is 26.4. The Morgan fingerprint density at radius 1 is 0.698 bits per heavy atom. The molecule has 2 N–H and O–H groups in total. The number of anilines is 3. The molecule has 0 atom stereocenters. The van der Waals surface area contributed by atoms with Gasteiger partial charge in [-0.25, -0.2) is 18.4 Å². The quantitative estimate of drug-likeness (QED) is 0.201. The Balaban J connectivity index is 1.56. The van der Waals surface area contributed by atoms with Gasteiger partial charge in [-0.1, -0.05) is 72.8 Å². The van der Waals surface area contributed by atoms with Gasteiger partial charge in [-0.2, -0.15) is 0 Å². The molecule has 9 heteroatoms. The van der Waals surface area contributed by atoms with Crippen LogP contribution in [0, 0.1) is 0 Å². The molecule has 0 aliphatic heterocycles. The Labute approximate surface area is 248 Å². The van der Waals surface area contributed by atoms with Crippen LogP contribution in [0.4, 0.5) is 17.1 Å². The van der Waals surface area contributed by atoms with Crippen LogP contribution in [0.25, 0.3) is 33.5 Å². The molecule has 0 saturated heterocycles. The summed E-state index contributed by atoms with van der Waals surface area (Å²) < 4.78 is 33.4. The van der Waals surface area contributed by atoms with Gasteiger partial charge in [-0.3, -0.25) is 9.52 Å². The normalized spacial score (nSPS) is 12.1. The van der Waals surface area contributed by atoms with Crippen molar-refractivity contribution in [3.8, 4) is 34.1 Å². The summed E-state index contributed by atoms with van der Waals surface area (Å²) in [6, 6.07) is 35.0. The minimum atomic E-state index is -3.58. The van der Waals surface area contributed by atoms with Gasteiger partial charge in [0.25, 0.3) is 0 Å².